The van der Waals surface area contributed by atoms with Crippen LogP contribution in [0.25, 0.3) is 0 Å². The minimum absolute atomic E-state index is 0.685. The maximum atomic E-state index is 4.38. The number of nitrogens with one attached hydrogen (secondary N) is 1. The monoisotopic (exact) mass is 222 g/mol. The quantitative estimate of drug-likeness (QED) is 0.799. The van der Waals surface area contributed by atoms with E-state index < -0.39 is 0 Å². The lowest BCUT2D eigenvalue weighted by Crippen LogP contribution is -2.27. The van der Waals surface area contributed by atoms with Gasteiger partial charge in [-0.15, -0.1) is 0 Å². The molecule has 0 aliphatic heterocycles. The summed E-state index contributed by atoms with van der Waals surface area (Å²) in [5.41, 5.74) is 1.03. The number of aromatic nitrogens is 2. The van der Waals surface area contributed by atoms with Crippen LogP contribution in [0.15, 0.2) is 12.4 Å². The molecule has 1 aromatic heterocycles. The SMILES string of the molecule is CCN(Cc1cnc(NC)cn1)CC(C)C. The Kier molecular flexibility index (Phi) is 5.19. The van der Waals surface area contributed by atoms with E-state index in [4.69, 9.17) is 0 Å². The first-order valence-corrected chi connectivity index (χ1v) is 5.86. The van der Waals surface area contributed by atoms with E-state index >= 15 is 0 Å². The van der Waals surface area contributed by atoms with Gasteiger partial charge in [0.15, 0.2) is 0 Å². The first-order valence-electron chi connectivity index (χ1n) is 5.86. The van der Waals surface area contributed by atoms with E-state index in [0.717, 1.165) is 31.1 Å². The van der Waals surface area contributed by atoms with Gasteiger partial charge in [-0.2, -0.15) is 0 Å². The third-order valence-electron chi connectivity index (χ3n) is 2.42. The summed E-state index contributed by atoms with van der Waals surface area (Å²) in [6.45, 7) is 9.68. The Labute approximate surface area is 98.1 Å². The van der Waals surface area contributed by atoms with Gasteiger partial charge >= 0.3 is 0 Å². The van der Waals surface area contributed by atoms with Crippen LogP contribution in [-0.2, 0) is 6.54 Å². The molecule has 0 saturated heterocycles. The molecule has 1 heterocycles. The molecule has 0 unspecified atom stereocenters. The van der Waals surface area contributed by atoms with E-state index in [2.05, 4.69) is 41.0 Å². The van der Waals surface area contributed by atoms with E-state index in [0.29, 0.717) is 5.92 Å². The Bertz CT molecular complexity index is 294. The molecule has 16 heavy (non-hydrogen) atoms. The van der Waals surface area contributed by atoms with E-state index in [9.17, 15) is 0 Å². The van der Waals surface area contributed by atoms with Crippen molar-refractivity contribution in [1.29, 1.82) is 0 Å². The van der Waals surface area contributed by atoms with Gasteiger partial charge in [0.25, 0.3) is 0 Å². The minimum Gasteiger partial charge on any atom is -0.372 e. The second-order valence-electron chi connectivity index (χ2n) is 4.36. The summed E-state index contributed by atoms with van der Waals surface area (Å²) < 4.78 is 0. The van der Waals surface area contributed by atoms with Crippen LogP contribution >= 0.6 is 0 Å². The van der Waals surface area contributed by atoms with Crippen LogP contribution < -0.4 is 5.32 Å². The summed E-state index contributed by atoms with van der Waals surface area (Å²) in [6.07, 6.45) is 3.62. The maximum Gasteiger partial charge on any atom is 0.144 e. The topological polar surface area (TPSA) is 41.1 Å². The largest absolute Gasteiger partial charge is 0.372 e. The molecule has 0 aliphatic carbocycles. The van der Waals surface area contributed by atoms with E-state index in [1.54, 1.807) is 6.20 Å². The highest BCUT2D eigenvalue weighted by molar-refractivity contribution is 5.29. The van der Waals surface area contributed by atoms with Crippen molar-refractivity contribution in [2.75, 3.05) is 25.5 Å². The first-order chi connectivity index (χ1) is 7.65. The molecule has 0 radical (unpaired) electrons. The Morgan fingerprint density at radius 1 is 1.31 bits per heavy atom. The van der Waals surface area contributed by atoms with Crippen molar-refractivity contribution in [2.24, 2.45) is 5.92 Å². The fourth-order valence-corrected chi connectivity index (χ4v) is 1.62. The highest BCUT2D eigenvalue weighted by atomic mass is 15.1. The second kappa shape index (κ2) is 6.43. The summed E-state index contributed by atoms with van der Waals surface area (Å²) in [6, 6.07) is 0. The van der Waals surface area contributed by atoms with Gasteiger partial charge in [0.05, 0.1) is 18.1 Å². The van der Waals surface area contributed by atoms with Crippen LogP contribution in [0.2, 0.25) is 0 Å². The fourth-order valence-electron chi connectivity index (χ4n) is 1.62. The Morgan fingerprint density at radius 3 is 2.50 bits per heavy atom. The lowest BCUT2D eigenvalue weighted by molar-refractivity contribution is 0.245. The smallest absolute Gasteiger partial charge is 0.144 e. The third kappa shape index (κ3) is 4.14. The van der Waals surface area contributed by atoms with E-state index in [-0.39, 0.29) is 0 Å². The molecule has 0 amide bonds. The molecule has 0 atom stereocenters. The predicted octanol–water partition coefficient (Wildman–Crippen LogP) is 2.00. The zero-order valence-corrected chi connectivity index (χ0v) is 10.7. The van der Waals surface area contributed by atoms with Crippen LogP contribution in [-0.4, -0.2) is 35.0 Å². The second-order valence-corrected chi connectivity index (χ2v) is 4.36. The van der Waals surface area contributed by atoms with Crippen LogP contribution in [0, 0.1) is 5.92 Å². The molecule has 0 bridgehead atoms. The summed E-state index contributed by atoms with van der Waals surface area (Å²) >= 11 is 0. The minimum atomic E-state index is 0.685. The maximum absolute atomic E-state index is 4.38. The molecule has 4 nitrogen and oxygen atoms in total. The standard InChI is InChI=1S/C12H22N4/c1-5-16(8-10(2)3)9-11-6-15-12(13-4)7-14-11/h6-7,10H,5,8-9H2,1-4H3,(H,13,15). The van der Waals surface area contributed by atoms with E-state index in [1.807, 2.05) is 13.2 Å². The number of rotatable bonds is 6. The summed E-state index contributed by atoms with van der Waals surface area (Å²) in [4.78, 5) is 11.0. The molecule has 1 aromatic rings. The zero-order chi connectivity index (χ0) is 12.0. The lowest BCUT2D eigenvalue weighted by Gasteiger charge is -2.21. The molecule has 1 rings (SSSR count). The van der Waals surface area contributed by atoms with Crippen LogP contribution in [0.3, 0.4) is 0 Å². The van der Waals surface area contributed by atoms with Crippen LogP contribution in [0.1, 0.15) is 26.5 Å². The molecule has 0 aliphatic rings. The molecule has 90 valence electrons. The van der Waals surface area contributed by atoms with Gasteiger partial charge in [0.1, 0.15) is 5.82 Å². The summed E-state index contributed by atoms with van der Waals surface area (Å²) in [5, 5.41) is 2.97. The summed E-state index contributed by atoms with van der Waals surface area (Å²) in [5.74, 6) is 1.50. The number of nitrogens with zero attached hydrogens (tertiary/aromatic N) is 3. The molecule has 0 spiro atoms. The van der Waals surface area contributed by atoms with Crippen molar-refractivity contribution in [2.45, 2.75) is 27.3 Å². The van der Waals surface area contributed by atoms with Crippen molar-refractivity contribution in [1.82, 2.24) is 14.9 Å². The lowest BCUT2D eigenvalue weighted by atomic mass is 10.2. The van der Waals surface area contributed by atoms with Crippen molar-refractivity contribution < 1.29 is 0 Å². The molecule has 0 saturated carbocycles. The molecule has 0 aromatic carbocycles. The highest BCUT2D eigenvalue weighted by Gasteiger charge is 2.07. The van der Waals surface area contributed by atoms with Crippen molar-refractivity contribution >= 4 is 5.82 Å². The Morgan fingerprint density at radius 2 is 2.06 bits per heavy atom. The molecular weight excluding hydrogens is 200 g/mol. The highest BCUT2D eigenvalue weighted by Crippen LogP contribution is 2.05. The third-order valence-corrected chi connectivity index (χ3v) is 2.42. The molecule has 1 N–H and O–H groups in total. The van der Waals surface area contributed by atoms with Gasteiger partial charge in [-0.3, -0.25) is 9.88 Å². The predicted molar refractivity (Wildman–Crippen MR) is 67.4 cm³/mol. The van der Waals surface area contributed by atoms with Crippen molar-refractivity contribution in [3.63, 3.8) is 0 Å². The zero-order valence-electron chi connectivity index (χ0n) is 10.7. The number of hydrogen-bond donors (Lipinski definition) is 1. The van der Waals surface area contributed by atoms with E-state index in [1.165, 1.54) is 0 Å². The number of anilines is 1. The van der Waals surface area contributed by atoms with Crippen LogP contribution in [0.4, 0.5) is 5.82 Å². The Hall–Kier alpha value is -1.16. The average molecular weight is 222 g/mol. The summed E-state index contributed by atoms with van der Waals surface area (Å²) in [7, 11) is 1.85. The average Bonchev–Trinajstić information content (AvgIpc) is 2.28. The van der Waals surface area contributed by atoms with Gasteiger partial charge < -0.3 is 5.32 Å². The number of hydrogen-bond acceptors (Lipinski definition) is 4. The first kappa shape index (κ1) is 12.9. The molecule has 4 heteroatoms. The normalized spacial score (nSPS) is 11.1. The van der Waals surface area contributed by atoms with Gasteiger partial charge in [-0.05, 0) is 12.5 Å². The van der Waals surface area contributed by atoms with Gasteiger partial charge in [0.2, 0.25) is 0 Å². The van der Waals surface area contributed by atoms with Crippen molar-refractivity contribution in [3.05, 3.63) is 18.1 Å². The molecular formula is C12H22N4. The molecule has 0 fully saturated rings. The van der Waals surface area contributed by atoms with Crippen molar-refractivity contribution in [3.8, 4) is 0 Å². The Balaban J connectivity index is 2.56. The van der Waals surface area contributed by atoms with Gasteiger partial charge in [-0.1, -0.05) is 20.8 Å². The van der Waals surface area contributed by atoms with Crippen LogP contribution in [0.5, 0.6) is 0 Å². The van der Waals surface area contributed by atoms with Gasteiger partial charge in [0, 0.05) is 20.1 Å². The fraction of sp³-hybridized carbons (Fsp3) is 0.667. The van der Waals surface area contributed by atoms with Gasteiger partial charge in [-0.25, -0.2) is 4.98 Å².